The van der Waals surface area contributed by atoms with Gasteiger partial charge in [-0.25, -0.2) is 4.98 Å². The van der Waals surface area contributed by atoms with E-state index in [0.717, 1.165) is 16.8 Å². The third-order valence-corrected chi connectivity index (χ3v) is 9.39. The van der Waals surface area contributed by atoms with Crippen LogP contribution < -0.4 is 0 Å². The van der Waals surface area contributed by atoms with Crippen molar-refractivity contribution in [1.29, 1.82) is 0 Å². The van der Waals surface area contributed by atoms with Gasteiger partial charge in [0.05, 0.1) is 15.9 Å². The van der Waals surface area contributed by atoms with Crippen LogP contribution in [0.1, 0.15) is 0 Å². The molecule has 0 fully saturated rings. The Morgan fingerprint density at radius 3 is 2.00 bits per heavy atom. The molecule has 0 amide bonds. The van der Waals surface area contributed by atoms with Gasteiger partial charge in [0.15, 0.2) is 0 Å². The Labute approximate surface area is 215 Å². The smallest absolute Gasteiger partial charge is 0.0888 e. The second-order valence-electron chi connectivity index (χ2n) is 9.17. The Hall–Kier alpha value is -4.05. The Kier molecular flexibility index (Phi) is 4.33. The maximum absolute atomic E-state index is 5.20. The van der Waals surface area contributed by atoms with E-state index >= 15 is 0 Å². The lowest BCUT2D eigenvalue weighted by molar-refractivity contribution is 1.44. The molecule has 5 aromatic carbocycles. The average Bonchev–Trinajstić information content (AvgIpc) is 3.51. The summed E-state index contributed by atoms with van der Waals surface area (Å²) >= 11 is 3.70. The van der Waals surface area contributed by atoms with Crippen molar-refractivity contribution in [1.82, 2.24) is 4.98 Å². The first kappa shape index (κ1) is 20.2. The molecule has 0 bridgehead atoms. The number of hydrogen-bond donors (Lipinski definition) is 0. The number of nitrogens with zero attached hydrogens (tertiary/aromatic N) is 1. The Bertz CT molecular complexity index is 2110. The molecule has 8 aromatic rings. The van der Waals surface area contributed by atoms with Gasteiger partial charge in [-0.05, 0) is 47.5 Å². The lowest BCUT2D eigenvalue weighted by Crippen LogP contribution is -1.88. The van der Waals surface area contributed by atoms with E-state index in [4.69, 9.17) is 4.98 Å². The zero-order chi connectivity index (χ0) is 23.6. The summed E-state index contributed by atoms with van der Waals surface area (Å²) in [6.45, 7) is 0. The van der Waals surface area contributed by atoms with E-state index in [1.807, 2.05) is 22.7 Å². The minimum Gasteiger partial charge on any atom is -0.246 e. The average molecular weight is 494 g/mol. The zero-order valence-electron chi connectivity index (χ0n) is 19.2. The molecule has 168 valence electrons. The maximum atomic E-state index is 5.20. The molecule has 3 heterocycles. The van der Waals surface area contributed by atoms with Gasteiger partial charge in [-0.2, -0.15) is 0 Å². The molecular formula is C33H19NS2. The van der Waals surface area contributed by atoms with Crippen LogP contribution in [-0.2, 0) is 0 Å². The number of fused-ring (bicyclic) bond motifs is 8. The highest BCUT2D eigenvalue weighted by Crippen LogP contribution is 2.43. The zero-order valence-corrected chi connectivity index (χ0v) is 20.9. The highest BCUT2D eigenvalue weighted by Gasteiger charge is 2.16. The summed E-state index contributed by atoms with van der Waals surface area (Å²) in [5.74, 6) is 0. The molecule has 0 radical (unpaired) electrons. The summed E-state index contributed by atoms with van der Waals surface area (Å²) in [7, 11) is 0. The molecule has 3 aromatic heterocycles. The highest BCUT2D eigenvalue weighted by atomic mass is 32.1. The van der Waals surface area contributed by atoms with Gasteiger partial charge in [-0.15, -0.1) is 22.7 Å². The van der Waals surface area contributed by atoms with Crippen LogP contribution in [0.2, 0.25) is 0 Å². The molecule has 0 atom stereocenters. The lowest BCUT2D eigenvalue weighted by Gasteiger charge is -2.09. The van der Waals surface area contributed by atoms with E-state index in [-0.39, 0.29) is 0 Å². The molecule has 0 saturated carbocycles. The standard InChI is InChI=1S/C33H19NS2/c1-4-13-27-24(11-1)31-25-12-3-6-15-29(25)36-33(31)32(34-27)22-9-7-8-20(18-22)21-16-17-30-26(19-21)23-10-2-5-14-28(23)35-30/h1-19H. The van der Waals surface area contributed by atoms with Crippen LogP contribution in [0.15, 0.2) is 115 Å². The number of para-hydroxylation sites is 1. The van der Waals surface area contributed by atoms with E-state index in [0.29, 0.717) is 0 Å². The SMILES string of the molecule is c1cc(-c2ccc3sc4ccccc4c3c2)cc(-c2nc3ccccc3c3c2sc2ccccc23)c1. The summed E-state index contributed by atoms with van der Waals surface area (Å²) in [6, 6.07) is 41.6. The third kappa shape index (κ3) is 2.97. The molecule has 0 aliphatic rings. The fourth-order valence-corrected chi connectivity index (χ4v) is 7.70. The number of thiophene rings is 2. The van der Waals surface area contributed by atoms with Gasteiger partial charge in [0.2, 0.25) is 0 Å². The molecule has 0 unspecified atom stereocenters. The molecule has 0 aliphatic heterocycles. The minimum atomic E-state index is 1.04. The third-order valence-electron chi connectivity index (χ3n) is 7.06. The first-order valence-corrected chi connectivity index (χ1v) is 13.7. The van der Waals surface area contributed by atoms with Crippen LogP contribution in [0.5, 0.6) is 0 Å². The van der Waals surface area contributed by atoms with Crippen molar-refractivity contribution >= 4 is 73.9 Å². The van der Waals surface area contributed by atoms with Gasteiger partial charge < -0.3 is 0 Å². The Morgan fingerprint density at radius 2 is 1.11 bits per heavy atom. The Balaban J connectivity index is 1.37. The summed E-state index contributed by atoms with van der Waals surface area (Å²) in [5.41, 5.74) is 5.72. The van der Waals surface area contributed by atoms with Crippen LogP contribution in [0.3, 0.4) is 0 Å². The van der Waals surface area contributed by atoms with Gasteiger partial charge >= 0.3 is 0 Å². The van der Waals surface area contributed by atoms with Gasteiger partial charge in [-0.3, -0.25) is 0 Å². The van der Waals surface area contributed by atoms with E-state index in [2.05, 4.69) is 115 Å². The van der Waals surface area contributed by atoms with E-state index < -0.39 is 0 Å². The van der Waals surface area contributed by atoms with E-state index in [1.165, 1.54) is 56.9 Å². The molecule has 0 saturated heterocycles. The molecule has 0 aliphatic carbocycles. The van der Waals surface area contributed by atoms with Crippen LogP contribution in [0.25, 0.3) is 73.6 Å². The minimum absolute atomic E-state index is 1.04. The molecule has 0 spiro atoms. The fraction of sp³-hybridized carbons (Fsp3) is 0. The van der Waals surface area contributed by atoms with Crippen molar-refractivity contribution in [3.05, 3.63) is 115 Å². The molecule has 36 heavy (non-hydrogen) atoms. The topological polar surface area (TPSA) is 12.9 Å². The van der Waals surface area contributed by atoms with Crippen LogP contribution in [0, 0.1) is 0 Å². The molecule has 1 nitrogen and oxygen atoms in total. The second kappa shape index (κ2) is 7.72. The quantitative estimate of drug-likeness (QED) is 0.233. The first-order valence-electron chi connectivity index (χ1n) is 12.1. The number of benzene rings is 5. The monoisotopic (exact) mass is 493 g/mol. The summed E-state index contributed by atoms with van der Waals surface area (Å²) < 4.78 is 5.23. The van der Waals surface area contributed by atoms with Crippen molar-refractivity contribution in [2.75, 3.05) is 0 Å². The summed E-state index contributed by atoms with van der Waals surface area (Å²) in [4.78, 5) is 5.20. The highest BCUT2D eigenvalue weighted by molar-refractivity contribution is 7.26. The van der Waals surface area contributed by atoms with Gasteiger partial charge in [0.25, 0.3) is 0 Å². The molecule has 0 N–H and O–H groups in total. The van der Waals surface area contributed by atoms with Gasteiger partial charge in [0.1, 0.15) is 0 Å². The first-order chi connectivity index (χ1) is 17.8. The number of pyridine rings is 1. The predicted molar refractivity (Wildman–Crippen MR) is 158 cm³/mol. The van der Waals surface area contributed by atoms with Crippen LogP contribution in [0.4, 0.5) is 0 Å². The largest absolute Gasteiger partial charge is 0.246 e. The summed E-state index contributed by atoms with van der Waals surface area (Å²) in [5, 5.41) is 6.50. The predicted octanol–water partition coefficient (Wildman–Crippen LogP) is 10.3. The molecule has 3 heteroatoms. The maximum Gasteiger partial charge on any atom is 0.0888 e. The normalized spacial score (nSPS) is 11.9. The van der Waals surface area contributed by atoms with Gasteiger partial charge in [0, 0.05) is 46.6 Å². The lowest BCUT2D eigenvalue weighted by atomic mass is 9.98. The number of aromatic nitrogens is 1. The molecule has 8 rings (SSSR count). The van der Waals surface area contributed by atoms with Crippen molar-refractivity contribution in [3.63, 3.8) is 0 Å². The number of rotatable bonds is 2. The van der Waals surface area contributed by atoms with Crippen molar-refractivity contribution in [3.8, 4) is 22.4 Å². The second-order valence-corrected chi connectivity index (χ2v) is 11.3. The fourth-order valence-electron chi connectivity index (χ4n) is 5.38. The van der Waals surface area contributed by atoms with Gasteiger partial charge in [-0.1, -0.05) is 78.9 Å². The van der Waals surface area contributed by atoms with E-state index in [1.54, 1.807) is 0 Å². The molecular weight excluding hydrogens is 475 g/mol. The van der Waals surface area contributed by atoms with Crippen molar-refractivity contribution in [2.45, 2.75) is 0 Å². The summed E-state index contributed by atoms with van der Waals surface area (Å²) in [6.07, 6.45) is 0. The van der Waals surface area contributed by atoms with Crippen LogP contribution in [-0.4, -0.2) is 4.98 Å². The van der Waals surface area contributed by atoms with Crippen molar-refractivity contribution < 1.29 is 0 Å². The van der Waals surface area contributed by atoms with E-state index in [9.17, 15) is 0 Å². The van der Waals surface area contributed by atoms with Crippen molar-refractivity contribution in [2.24, 2.45) is 0 Å². The van der Waals surface area contributed by atoms with Crippen LogP contribution >= 0.6 is 22.7 Å². The number of hydrogen-bond acceptors (Lipinski definition) is 3. The Morgan fingerprint density at radius 1 is 0.444 bits per heavy atom.